The van der Waals surface area contributed by atoms with E-state index in [9.17, 15) is 15.3 Å². The van der Waals surface area contributed by atoms with E-state index in [4.69, 9.17) is 0 Å². The summed E-state index contributed by atoms with van der Waals surface area (Å²) in [5.74, 6) is 1.64. The molecule has 3 saturated carbocycles. The fourth-order valence-corrected chi connectivity index (χ4v) is 8.56. The minimum atomic E-state index is -1.07. The van der Waals surface area contributed by atoms with Crippen molar-refractivity contribution in [3.63, 3.8) is 0 Å². The number of fused-ring (bicyclic) bond motifs is 5. The Morgan fingerprint density at radius 2 is 1.90 bits per heavy atom. The van der Waals surface area contributed by atoms with Crippen LogP contribution in [0.5, 0.6) is 0 Å². The van der Waals surface area contributed by atoms with Gasteiger partial charge in [-0.05, 0) is 88.0 Å². The molecule has 0 aromatic rings. The van der Waals surface area contributed by atoms with Crippen molar-refractivity contribution >= 4 is 0 Å². The third-order valence-electron chi connectivity index (χ3n) is 10.5. The molecule has 4 heteroatoms. The van der Waals surface area contributed by atoms with Gasteiger partial charge in [0.1, 0.15) is 5.60 Å². The Balaban J connectivity index is 1.57. The molecule has 0 amide bonds. The number of unbranched alkanes of at least 4 members (excludes halogenated alkanes) is 3. The number of aliphatic hydroxyl groups is 3. The van der Waals surface area contributed by atoms with Gasteiger partial charge in [-0.15, -0.1) is 0 Å². The first kappa shape index (κ1) is 23.7. The van der Waals surface area contributed by atoms with Crippen molar-refractivity contribution < 1.29 is 15.3 Å². The second kappa shape index (κ2) is 8.74. The average molecular weight is 434 g/mol. The molecule has 178 valence electrons. The fraction of sp³-hybridized carbons (Fsp3) is 0.926. The van der Waals surface area contributed by atoms with E-state index in [-0.39, 0.29) is 23.0 Å². The summed E-state index contributed by atoms with van der Waals surface area (Å²) in [6.45, 7) is 9.68. The van der Waals surface area contributed by atoms with Gasteiger partial charge in [0.05, 0.1) is 12.2 Å². The van der Waals surface area contributed by atoms with Gasteiger partial charge in [-0.1, -0.05) is 51.7 Å². The minimum Gasteiger partial charge on any atom is -0.393 e. The molecular weight excluding hydrogens is 386 g/mol. The highest BCUT2D eigenvalue weighted by molar-refractivity contribution is 5.27. The monoisotopic (exact) mass is 433 g/mol. The van der Waals surface area contributed by atoms with Crippen LogP contribution in [0.1, 0.15) is 98.3 Å². The second-order valence-electron chi connectivity index (χ2n) is 11.9. The van der Waals surface area contributed by atoms with Crippen LogP contribution < -0.4 is 5.32 Å². The van der Waals surface area contributed by atoms with E-state index in [2.05, 4.69) is 32.2 Å². The summed E-state index contributed by atoms with van der Waals surface area (Å²) in [4.78, 5) is 0. The quantitative estimate of drug-likeness (QED) is 0.351. The van der Waals surface area contributed by atoms with Gasteiger partial charge in [-0.3, -0.25) is 0 Å². The van der Waals surface area contributed by atoms with Crippen LogP contribution in [0.15, 0.2) is 11.6 Å². The zero-order valence-corrected chi connectivity index (χ0v) is 20.4. The van der Waals surface area contributed by atoms with Crippen molar-refractivity contribution in [2.75, 3.05) is 6.54 Å². The Morgan fingerprint density at radius 1 is 1.13 bits per heavy atom. The fourth-order valence-electron chi connectivity index (χ4n) is 8.56. The van der Waals surface area contributed by atoms with E-state index in [1.807, 2.05) is 0 Å². The number of aliphatic hydroxyl groups excluding tert-OH is 2. The molecule has 3 unspecified atom stereocenters. The van der Waals surface area contributed by atoms with Crippen LogP contribution in [0.25, 0.3) is 0 Å². The summed E-state index contributed by atoms with van der Waals surface area (Å²) in [5.41, 5.74) is 0.379. The predicted octanol–water partition coefficient (Wildman–Crippen LogP) is 4.57. The molecule has 0 aromatic carbocycles. The lowest BCUT2D eigenvalue weighted by Gasteiger charge is -2.59. The Bertz CT molecular complexity index is 677. The third kappa shape index (κ3) is 3.64. The zero-order valence-electron chi connectivity index (χ0n) is 20.4. The van der Waals surface area contributed by atoms with Crippen molar-refractivity contribution in [2.24, 2.45) is 28.6 Å². The van der Waals surface area contributed by atoms with Gasteiger partial charge in [-0.2, -0.15) is 0 Å². The topological polar surface area (TPSA) is 72.7 Å². The van der Waals surface area contributed by atoms with E-state index in [1.54, 1.807) is 6.92 Å². The smallest absolute Gasteiger partial charge is 0.111 e. The maximum absolute atomic E-state index is 12.0. The first-order valence-corrected chi connectivity index (χ1v) is 13.2. The molecule has 0 spiro atoms. The summed E-state index contributed by atoms with van der Waals surface area (Å²) in [7, 11) is 0. The van der Waals surface area contributed by atoms with Crippen molar-refractivity contribution in [3.8, 4) is 0 Å². The average Bonchev–Trinajstić information content (AvgIpc) is 2.97. The molecule has 4 rings (SSSR count). The van der Waals surface area contributed by atoms with Crippen molar-refractivity contribution in [2.45, 2.75) is 122 Å². The van der Waals surface area contributed by atoms with Crippen LogP contribution in [0.3, 0.4) is 0 Å². The van der Waals surface area contributed by atoms with Crippen LogP contribution in [-0.4, -0.2) is 45.7 Å². The molecule has 0 radical (unpaired) electrons. The number of rotatable bonds is 7. The molecule has 0 bridgehead atoms. The third-order valence-corrected chi connectivity index (χ3v) is 10.5. The number of nitrogens with one attached hydrogen (secondary N) is 1. The summed E-state index contributed by atoms with van der Waals surface area (Å²) in [6, 6.07) is -0.0331. The summed E-state index contributed by atoms with van der Waals surface area (Å²) < 4.78 is 0. The first-order chi connectivity index (χ1) is 14.7. The molecule has 0 heterocycles. The molecule has 4 aliphatic carbocycles. The van der Waals surface area contributed by atoms with E-state index >= 15 is 0 Å². The highest BCUT2D eigenvalue weighted by Gasteiger charge is 2.68. The molecule has 4 aliphatic rings. The van der Waals surface area contributed by atoms with Gasteiger partial charge >= 0.3 is 0 Å². The molecule has 0 aliphatic heterocycles. The van der Waals surface area contributed by atoms with E-state index in [0.29, 0.717) is 17.8 Å². The second-order valence-corrected chi connectivity index (χ2v) is 11.9. The Labute approximate surface area is 189 Å². The number of hydrogen-bond acceptors (Lipinski definition) is 4. The van der Waals surface area contributed by atoms with Crippen LogP contribution in [0.2, 0.25) is 0 Å². The van der Waals surface area contributed by atoms with E-state index < -0.39 is 11.7 Å². The summed E-state index contributed by atoms with van der Waals surface area (Å²) in [5, 5.41) is 36.8. The van der Waals surface area contributed by atoms with Gasteiger partial charge in [0.2, 0.25) is 0 Å². The molecule has 31 heavy (non-hydrogen) atoms. The van der Waals surface area contributed by atoms with Gasteiger partial charge in [0, 0.05) is 11.5 Å². The largest absolute Gasteiger partial charge is 0.393 e. The minimum absolute atomic E-state index is 0.0331. The van der Waals surface area contributed by atoms with Gasteiger partial charge < -0.3 is 20.6 Å². The lowest BCUT2D eigenvalue weighted by molar-refractivity contribution is -0.178. The normalized spacial score (nSPS) is 47.8. The molecule has 9 atom stereocenters. The summed E-state index contributed by atoms with van der Waals surface area (Å²) >= 11 is 0. The number of allylic oxidation sites excluding steroid dienone is 1. The Morgan fingerprint density at radius 3 is 2.61 bits per heavy atom. The highest BCUT2D eigenvalue weighted by atomic mass is 16.3. The van der Waals surface area contributed by atoms with Crippen molar-refractivity contribution in [3.05, 3.63) is 11.6 Å². The van der Waals surface area contributed by atoms with Crippen LogP contribution in [-0.2, 0) is 0 Å². The van der Waals surface area contributed by atoms with Crippen molar-refractivity contribution in [1.29, 1.82) is 0 Å². The van der Waals surface area contributed by atoms with Gasteiger partial charge in [0.15, 0.2) is 0 Å². The van der Waals surface area contributed by atoms with Gasteiger partial charge in [-0.25, -0.2) is 0 Å². The van der Waals surface area contributed by atoms with E-state index in [1.165, 1.54) is 24.8 Å². The molecule has 3 fully saturated rings. The predicted molar refractivity (Wildman–Crippen MR) is 126 cm³/mol. The molecule has 4 nitrogen and oxygen atoms in total. The highest BCUT2D eigenvalue weighted by Crippen LogP contribution is 2.67. The van der Waals surface area contributed by atoms with Crippen molar-refractivity contribution in [1.82, 2.24) is 5.32 Å². The lowest BCUT2D eigenvalue weighted by atomic mass is 9.46. The number of hydrogen-bond donors (Lipinski definition) is 4. The molecule has 4 N–H and O–H groups in total. The molecule has 0 saturated heterocycles. The molecule has 0 aromatic heterocycles. The van der Waals surface area contributed by atoms with Crippen LogP contribution in [0, 0.1) is 28.6 Å². The lowest BCUT2D eigenvalue weighted by Crippen LogP contribution is -2.63. The zero-order chi connectivity index (χ0) is 22.4. The first-order valence-electron chi connectivity index (χ1n) is 13.2. The van der Waals surface area contributed by atoms with Crippen LogP contribution in [0.4, 0.5) is 0 Å². The van der Waals surface area contributed by atoms with Crippen LogP contribution >= 0.6 is 0 Å². The maximum Gasteiger partial charge on any atom is 0.111 e. The standard InChI is InChI=1S/C27H47NO3/c1-5-6-7-8-15-28-24-17-23-21-10-9-19-16-20(30)11-13-25(19,3)22(21)12-14-26(23,4)27(24,31)18(2)29/h9,18,20-24,28-31H,5-8,10-17H2,1-4H3/t18-,20+,21?,22?,23?,24+,25+,26+,27-/m1/s1. The van der Waals surface area contributed by atoms with Gasteiger partial charge in [0.25, 0.3) is 0 Å². The Hall–Kier alpha value is -0.420. The summed E-state index contributed by atoms with van der Waals surface area (Å²) in [6.07, 6.45) is 13.4. The van der Waals surface area contributed by atoms with E-state index in [0.717, 1.165) is 57.9 Å². The maximum atomic E-state index is 12.0. The molecular formula is C27H47NO3. The Kier molecular flexibility index (Phi) is 6.69. The SMILES string of the molecule is CCCCCCN[C@H]1CC2C3CC=C4C[C@@H](O)CC[C@]4(C)C3CC[C@]2(C)[C@@]1(O)[C@@H](C)O.